The van der Waals surface area contributed by atoms with Crippen LogP contribution in [0.2, 0.25) is 0 Å². The lowest BCUT2D eigenvalue weighted by atomic mass is 10.0. The molecule has 6 nitrogen and oxygen atoms in total. The summed E-state index contributed by atoms with van der Waals surface area (Å²) >= 11 is 0. The zero-order chi connectivity index (χ0) is 22.9. The highest BCUT2D eigenvalue weighted by Crippen LogP contribution is 2.22. The van der Waals surface area contributed by atoms with Crippen molar-refractivity contribution in [2.45, 2.75) is 26.2 Å². The number of nitrogens with zero attached hydrogens (tertiary/aromatic N) is 2. The highest BCUT2D eigenvalue weighted by atomic mass is 16.5. The van der Waals surface area contributed by atoms with Gasteiger partial charge in [0.1, 0.15) is 17.9 Å². The van der Waals surface area contributed by atoms with Crippen LogP contribution < -0.4 is 4.74 Å². The molecule has 2 aromatic carbocycles. The van der Waals surface area contributed by atoms with Crippen molar-refractivity contribution in [1.29, 1.82) is 0 Å². The molecule has 1 aliphatic heterocycles. The Balaban J connectivity index is 1.86. The van der Waals surface area contributed by atoms with Gasteiger partial charge in [0.25, 0.3) is 11.8 Å². The molecule has 0 N–H and O–H groups in total. The average molecular weight is 433 g/mol. The second-order valence-corrected chi connectivity index (χ2v) is 7.51. The normalized spacial score (nSPS) is 15.4. The Labute approximate surface area is 188 Å². The fourth-order valence-electron chi connectivity index (χ4n) is 3.40. The number of barbiturate groups is 1. The van der Waals surface area contributed by atoms with E-state index in [1.165, 1.54) is 9.80 Å². The molecule has 0 unspecified atom stereocenters. The molecule has 1 saturated heterocycles. The van der Waals surface area contributed by atoms with E-state index in [0.29, 0.717) is 30.8 Å². The third kappa shape index (κ3) is 5.52. The predicted octanol–water partition coefficient (Wildman–Crippen LogP) is 4.47. The third-order valence-corrected chi connectivity index (χ3v) is 5.17. The van der Waals surface area contributed by atoms with E-state index in [4.69, 9.17) is 4.74 Å². The Morgan fingerprint density at radius 1 is 0.906 bits per heavy atom. The van der Waals surface area contributed by atoms with Crippen LogP contribution in [-0.2, 0) is 16.0 Å². The molecule has 3 rings (SSSR count). The molecule has 166 valence electrons. The molecule has 0 aromatic heterocycles. The molecule has 0 spiro atoms. The van der Waals surface area contributed by atoms with Gasteiger partial charge >= 0.3 is 6.03 Å². The van der Waals surface area contributed by atoms with Crippen LogP contribution in [0.25, 0.3) is 6.08 Å². The topological polar surface area (TPSA) is 66.9 Å². The van der Waals surface area contributed by atoms with Gasteiger partial charge in [-0.15, -0.1) is 0 Å². The van der Waals surface area contributed by atoms with Crippen LogP contribution in [0, 0.1) is 0 Å². The van der Waals surface area contributed by atoms with E-state index in [9.17, 15) is 14.4 Å². The van der Waals surface area contributed by atoms with Gasteiger partial charge in [0, 0.05) is 13.1 Å². The minimum atomic E-state index is -0.560. The molecular weight excluding hydrogens is 404 g/mol. The van der Waals surface area contributed by atoms with Gasteiger partial charge in [-0.25, -0.2) is 4.79 Å². The summed E-state index contributed by atoms with van der Waals surface area (Å²) < 4.78 is 5.48. The van der Waals surface area contributed by atoms with E-state index >= 15 is 0 Å². The zero-order valence-corrected chi connectivity index (χ0v) is 18.3. The number of carbonyl (C=O) groups is 3. The number of hydrogen-bond donors (Lipinski definition) is 0. The lowest BCUT2D eigenvalue weighted by molar-refractivity contribution is -0.135. The summed E-state index contributed by atoms with van der Waals surface area (Å²) in [4.78, 5) is 41.5. The average Bonchev–Trinajstić information content (AvgIpc) is 2.82. The van der Waals surface area contributed by atoms with Crippen LogP contribution in [0.15, 0.2) is 72.8 Å². The molecule has 0 aliphatic carbocycles. The predicted molar refractivity (Wildman–Crippen MR) is 124 cm³/mol. The lowest BCUT2D eigenvalue weighted by Gasteiger charge is -2.34. The van der Waals surface area contributed by atoms with E-state index in [-0.39, 0.29) is 18.7 Å². The number of amides is 4. The molecule has 0 saturated carbocycles. The molecule has 1 heterocycles. The minimum absolute atomic E-state index is 0.00600. The number of rotatable bonds is 10. The summed E-state index contributed by atoms with van der Waals surface area (Å²) in [5, 5.41) is 0. The van der Waals surface area contributed by atoms with Gasteiger partial charge in [-0.3, -0.25) is 19.4 Å². The van der Waals surface area contributed by atoms with Crippen LogP contribution in [0.3, 0.4) is 0 Å². The van der Waals surface area contributed by atoms with Gasteiger partial charge in [0.15, 0.2) is 0 Å². The van der Waals surface area contributed by atoms with Gasteiger partial charge < -0.3 is 4.74 Å². The summed E-state index contributed by atoms with van der Waals surface area (Å²) in [6.45, 7) is 6.50. The van der Waals surface area contributed by atoms with Gasteiger partial charge in [-0.05, 0) is 42.2 Å². The standard InChI is InChI=1S/C26H28N2O4/c1-3-5-16-27-24(29)23(19-21-11-13-22(14-12-21)32-18-4-2)25(30)28(26(27)31)17-15-20-9-7-6-8-10-20/h4,6-14,19H,2-3,5,15-18H2,1H3. The van der Waals surface area contributed by atoms with Crippen LogP contribution in [0.4, 0.5) is 4.79 Å². The van der Waals surface area contributed by atoms with Gasteiger partial charge in [-0.1, -0.05) is 68.5 Å². The maximum atomic E-state index is 13.2. The Hall–Kier alpha value is -3.67. The Bertz CT molecular complexity index is 996. The minimum Gasteiger partial charge on any atom is -0.490 e. The first-order chi connectivity index (χ1) is 15.5. The molecular formula is C26H28N2O4. The summed E-state index contributed by atoms with van der Waals surface area (Å²) in [5.41, 5.74) is 1.69. The summed E-state index contributed by atoms with van der Waals surface area (Å²) in [7, 11) is 0. The number of unbranched alkanes of at least 4 members (excludes halogenated alkanes) is 1. The number of urea groups is 1. The third-order valence-electron chi connectivity index (χ3n) is 5.17. The van der Waals surface area contributed by atoms with Gasteiger partial charge in [0.2, 0.25) is 0 Å². The van der Waals surface area contributed by atoms with E-state index < -0.39 is 17.8 Å². The number of ether oxygens (including phenoxy) is 1. The zero-order valence-electron chi connectivity index (χ0n) is 18.3. The Morgan fingerprint density at radius 2 is 1.56 bits per heavy atom. The van der Waals surface area contributed by atoms with Gasteiger partial charge in [0.05, 0.1) is 0 Å². The molecule has 1 aliphatic rings. The molecule has 6 heteroatoms. The van der Waals surface area contributed by atoms with Crippen LogP contribution in [0.5, 0.6) is 5.75 Å². The molecule has 2 aromatic rings. The Morgan fingerprint density at radius 3 is 2.19 bits per heavy atom. The van der Waals surface area contributed by atoms with E-state index in [1.807, 2.05) is 37.3 Å². The van der Waals surface area contributed by atoms with Gasteiger partial charge in [-0.2, -0.15) is 0 Å². The van der Waals surface area contributed by atoms with E-state index in [1.54, 1.807) is 36.4 Å². The highest BCUT2D eigenvalue weighted by molar-refractivity contribution is 6.30. The molecule has 0 bridgehead atoms. The first kappa shape index (κ1) is 23.0. The smallest absolute Gasteiger partial charge is 0.333 e. The van der Waals surface area contributed by atoms with Crippen molar-refractivity contribution >= 4 is 23.9 Å². The fourth-order valence-corrected chi connectivity index (χ4v) is 3.40. The molecule has 0 atom stereocenters. The molecule has 0 radical (unpaired) electrons. The second kappa shape index (κ2) is 11.1. The molecule has 4 amide bonds. The van der Waals surface area contributed by atoms with Crippen molar-refractivity contribution in [2.75, 3.05) is 19.7 Å². The summed E-state index contributed by atoms with van der Waals surface area (Å²) in [6.07, 6.45) is 5.24. The molecule has 1 fully saturated rings. The first-order valence-electron chi connectivity index (χ1n) is 10.8. The van der Waals surface area contributed by atoms with Crippen molar-refractivity contribution in [3.8, 4) is 5.75 Å². The van der Waals surface area contributed by atoms with Crippen LogP contribution in [-0.4, -0.2) is 47.3 Å². The number of imide groups is 2. The first-order valence-corrected chi connectivity index (χ1v) is 10.8. The second-order valence-electron chi connectivity index (χ2n) is 7.51. The maximum Gasteiger partial charge on any atom is 0.333 e. The number of carbonyl (C=O) groups excluding carboxylic acids is 3. The Kier molecular flexibility index (Phi) is 7.97. The fraction of sp³-hybridized carbons (Fsp3) is 0.269. The van der Waals surface area contributed by atoms with Crippen molar-refractivity contribution in [2.24, 2.45) is 0 Å². The maximum absolute atomic E-state index is 13.2. The van der Waals surface area contributed by atoms with Crippen LogP contribution >= 0.6 is 0 Å². The monoisotopic (exact) mass is 432 g/mol. The number of hydrogen-bond acceptors (Lipinski definition) is 4. The summed E-state index contributed by atoms with van der Waals surface area (Å²) in [5.74, 6) is -0.440. The van der Waals surface area contributed by atoms with Crippen molar-refractivity contribution in [1.82, 2.24) is 9.80 Å². The largest absolute Gasteiger partial charge is 0.490 e. The lowest BCUT2D eigenvalue weighted by Crippen LogP contribution is -2.56. The highest BCUT2D eigenvalue weighted by Gasteiger charge is 2.41. The van der Waals surface area contributed by atoms with Crippen molar-refractivity contribution in [3.05, 3.63) is 84.0 Å². The van der Waals surface area contributed by atoms with Crippen molar-refractivity contribution < 1.29 is 19.1 Å². The van der Waals surface area contributed by atoms with Crippen LogP contribution in [0.1, 0.15) is 30.9 Å². The quantitative estimate of drug-likeness (QED) is 0.316. The van der Waals surface area contributed by atoms with E-state index in [0.717, 1.165) is 12.0 Å². The number of benzene rings is 2. The SMILES string of the molecule is C=CCOc1ccc(C=C2C(=O)N(CCCC)C(=O)N(CCc3ccccc3)C2=O)cc1. The van der Waals surface area contributed by atoms with E-state index in [2.05, 4.69) is 6.58 Å². The summed E-state index contributed by atoms with van der Waals surface area (Å²) in [6, 6.07) is 16.2. The van der Waals surface area contributed by atoms with Crippen molar-refractivity contribution in [3.63, 3.8) is 0 Å². The molecule has 32 heavy (non-hydrogen) atoms.